The summed E-state index contributed by atoms with van der Waals surface area (Å²) in [5.41, 5.74) is 5.70. The van der Waals surface area contributed by atoms with Crippen LogP contribution in [0.3, 0.4) is 0 Å². The van der Waals surface area contributed by atoms with E-state index in [0.717, 1.165) is 6.07 Å². The van der Waals surface area contributed by atoms with Gasteiger partial charge in [0.1, 0.15) is 0 Å². The third kappa shape index (κ3) is 4.48. The second-order valence-electron chi connectivity index (χ2n) is 6.43. The molecule has 3 aromatic rings. The molecule has 0 saturated heterocycles. The number of pyridine rings is 1. The standard InChI is InChI=1S/C20H21ClN4O4S/c1-3-25(4-2)30(28,29)15-8-9-18-16(11-15)17(12-19(26)22-18)20(27)24-23-14-7-5-6-13(21)10-14/h5-12,23H,3-4H2,1-2H3,(H,22,26)(H,24,27). The fraction of sp³-hybridized carbons (Fsp3) is 0.200. The van der Waals surface area contributed by atoms with Crippen molar-refractivity contribution < 1.29 is 13.2 Å². The van der Waals surface area contributed by atoms with Gasteiger partial charge >= 0.3 is 0 Å². The van der Waals surface area contributed by atoms with Crippen molar-refractivity contribution in [3.63, 3.8) is 0 Å². The second kappa shape index (κ2) is 8.86. The molecule has 1 amide bonds. The maximum absolute atomic E-state index is 12.9. The van der Waals surface area contributed by atoms with Gasteiger partial charge < -0.3 is 4.98 Å². The number of nitrogens with zero attached hydrogens (tertiary/aromatic N) is 1. The molecule has 1 heterocycles. The predicted octanol–water partition coefficient (Wildman–Crippen LogP) is 2.97. The summed E-state index contributed by atoms with van der Waals surface area (Å²) in [6, 6.07) is 12.1. The van der Waals surface area contributed by atoms with Crippen molar-refractivity contribution in [2.24, 2.45) is 0 Å². The third-order valence-electron chi connectivity index (χ3n) is 4.55. The number of fused-ring (bicyclic) bond motifs is 1. The van der Waals surface area contributed by atoms with E-state index in [2.05, 4.69) is 15.8 Å². The molecule has 0 fully saturated rings. The van der Waals surface area contributed by atoms with Crippen LogP contribution in [-0.2, 0) is 10.0 Å². The van der Waals surface area contributed by atoms with Gasteiger partial charge in [-0.05, 0) is 36.4 Å². The molecule has 0 unspecified atom stereocenters. The Hall–Kier alpha value is -2.88. The number of aromatic nitrogens is 1. The zero-order valence-electron chi connectivity index (χ0n) is 16.4. The smallest absolute Gasteiger partial charge is 0.270 e. The minimum Gasteiger partial charge on any atom is -0.322 e. The number of anilines is 1. The average Bonchev–Trinajstić information content (AvgIpc) is 2.71. The summed E-state index contributed by atoms with van der Waals surface area (Å²) in [6.45, 7) is 4.14. The first kappa shape index (κ1) is 21.8. The van der Waals surface area contributed by atoms with E-state index in [9.17, 15) is 18.0 Å². The summed E-state index contributed by atoms with van der Waals surface area (Å²) in [7, 11) is -3.73. The van der Waals surface area contributed by atoms with E-state index in [1.165, 1.54) is 22.5 Å². The molecule has 0 aliphatic rings. The van der Waals surface area contributed by atoms with Crippen molar-refractivity contribution in [3.05, 3.63) is 69.5 Å². The highest BCUT2D eigenvalue weighted by Crippen LogP contribution is 2.23. The van der Waals surface area contributed by atoms with Crippen LogP contribution < -0.4 is 16.4 Å². The Bertz CT molecular complexity index is 1250. The molecular weight excluding hydrogens is 428 g/mol. The van der Waals surface area contributed by atoms with Crippen LogP contribution in [0.4, 0.5) is 5.69 Å². The molecule has 0 aliphatic heterocycles. The van der Waals surface area contributed by atoms with Gasteiger partial charge in [-0.3, -0.25) is 20.4 Å². The van der Waals surface area contributed by atoms with Crippen molar-refractivity contribution in [2.45, 2.75) is 18.7 Å². The van der Waals surface area contributed by atoms with Gasteiger partial charge in [-0.25, -0.2) is 8.42 Å². The van der Waals surface area contributed by atoms with E-state index in [1.54, 1.807) is 38.1 Å². The van der Waals surface area contributed by atoms with E-state index in [1.807, 2.05) is 0 Å². The van der Waals surface area contributed by atoms with Crippen LogP contribution in [0, 0.1) is 0 Å². The zero-order chi connectivity index (χ0) is 21.9. The number of hydrazine groups is 1. The van der Waals surface area contributed by atoms with Gasteiger partial charge in [0.25, 0.3) is 5.91 Å². The molecule has 10 heteroatoms. The molecule has 0 saturated carbocycles. The van der Waals surface area contributed by atoms with Gasteiger partial charge in [0.2, 0.25) is 15.6 Å². The van der Waals surface area contributed by atoms with Gasteiger partial charge in [-0.2, -0.15) is 4.31 Å². The zero-order valence-corrected chi connectivity index (χ0v) is 18.0. The highest BCUT2D eigenvalue weighted by atomic mass is 35.5. The highest BCUT2D eigenvalue weighted by Gasteiger charge is 2.23. The first-order valence-corrected chi connectivity index (χ1v) is 11.1. The van der Waals surface area contributed by atoms with Gasteiger partial charge in [-0.1, -0.05) is 31.5 Å². The second-order valence-corrected chi connectivity index (χ2v) is 8.81. The quantitative estimate of drug-likeness (QED) is 0.481. The molecular formula is C20H21ClN4O4S. The number of sulfonamides is 1. The van der Waals surface area contributed by atoms with E-state index in [-0.39, 0.29) is 10.5 Å². The summed E-state index contributed by atoms with van der Waals surface area (Å²) in [5.74, 6) is -0.594. The number of aromatic amines is 1. The lowest BCUT2D eigenvalue weighted by Crippen LogP contribution is -2.31. The maximum atomic E-state index is 12.9. The summed E-state index contributed by atoms with van der Waals surface area (Å²) in [6.07, 6.45) is 0. The Morgan fingerprint density at radius 2 is 1.83 bits per heavy atom. The SMILES string of the molecule is CCN(CC)S(=O)(=O)c1ccc2[nH]c(=O)cc(C(=O)NNc3cccc(Cl)c3)c2c1. The van der Waals surface area contributed by atoms with Crippen LogP contribution in [0.1, 0.15) is 24.2 Å². The Balaban J connectivity index is 2.01. The molecule has 3 N–H and O–H groups in total. The van der Waals surface area contributed by atoms with Crippen molar-refractivity contribution in [1.29, 1.82) is 0 Å². The minimum atomic E-state index is -3.73. The van der Waals surface area contributed by atoms with Crippen LogP contribution in [0.15, 0.2) is 58.2 Å². The lowest BCUT2D eigenvalue weighted by atomic mass is 10.1. The summed E-state index contributed by atoms with van der Waals surface area (Å²) in [4.78, 5) is 27.4. The first-order chi connectivity index (χ1) is 14.3. The molecule has 0 aliphatic carbocycles. The largest absolute Gasteiger partial charge is 0.322 e. The lowest BCUT2D eigenvalue weighted by molar-refractivity contribution is 0.0964. The molecule has 0 bridgehead atoms. The molecule has 158 valence electrons. The Morgan fingerprint density at radius 1 is 1.10 bits per heavy atom. The monoisotopic (exact) mass is 448 g/mol. The molecule has 30 heavy (non-hydrogen) atoms. The number of hydrogen-bond acceptors (Lipinski definition) is 5. The van der Waals surface area contributed by atoms with E-state index >= 15 is 0 Å². The van der Waals surface area contributed by atoms with E-state index in [0.29, 0.717) is 34.7 Å². The van der Waals surface area contributed by atoms with Crippen molar-refractivity contribution >= 4 is 44.1 Å². The maximum Gasteiger partial charge on any atom is 0.270 e. The van der Waals surface area contributed by atoms with Crippen molar-refractivity contribution in [2.75, 3.05) is 18.5 Å². The number of nitrogens with one attached hydrogen (secondary N) is 3. The van der Waals surface area contributed by atoms with Crippen molar-refractivity contribution in [3.8, 4) is 0 Å². The number of halogens is 1. The fourth-order valence-corrected chi connectivity index (χ4v) is 4.73. The van der Waals surface area contributed by atoms with Gasteiger partial charge in [-0.15, -0.1) is 0 Å². The van der Waals surface area contributed by atoms with Gasteiger partial charge in [0, 0.05) is 35.1 Å². The number of H-pyrrole nitrogens is 1. The predicted molar refractivity (Wildman–Crippen MR) is 117 cm³/mol. The lowest BCUT2D eigenvalue weighted by Gasteiger charge is -2.19. The van der Waals surface area contributed by atoms with Crippen LogP contribution in [0.25, 0.3) is 10.9 Å². The minimum absolute atomic E-state index is 0.0416. The number of hydrogen-bond donors (Lipinski definition) is 3. The van der Waals surface area contributed by atoms with Crippen molar-refractivity contribution in [1.82, 2.24) is 14.7 Å². The molecule has 8 nitrogen and oxygen atoms in total. The van der Waals surface area contributed by atoms with Gasteiger partial charge in [0.15, 0.2) is 0 Å². The van der Waals surface area contributed by atoms with Crippen LogP contribution in [0.5, 0.6) is 0 Å². The van der Waals surface area contributed by atoms with Gasteiger partial charge in [0.05, 0.1) is 16.1 Å². The molecule has 0 radical (unpaired) electrons. The number of carbonyl (C=O) groups excluding carboxylic acids is 1. The first-order valence-electron chi connectivity index (χ1n) is 9.25. The topological polar surface area (TPSA) is 111 Å². The van der Waals surface area contributed by atoms with Crippen LogP contribution >= 0.6 is 11.6 Å². The molecule has 0 atom stereocenters. The number of amides is 1. The Labute approximate surface area is 178 Å². The Morgan fingerprint density at radius 3 is 2.50 bits per heavy atom. The number of benzene rings is 2. The summed E-state index contributed by atoms with van der Waals surface area (Å²) < 4.78 is 27.0. The van der Waals surface area contributed by atoms with Crippen LogP contribution in [0.2, 0.25) is 5.02 Å². The number of rotatable bonds is 7. The normalized spacial score (nSPS) is 11.6. The average molecular weight is 449 g/mol. The summed E-state index contributed by atoms with van der Waals surface area (Å²) >= 11 is 5.93. The highest BCUT2D eigenvalue weighted by molar-refractivity contribution is 7.89. The van der Waals surface area contributed by atoms with E-state index < -0.39 is 21.5 Å². The summed E-state index contributed by atoms with van der Waals surface area (Å²) in [5, 5.41) is 0.801. The Kier molecular flexibility index (Phi) is 6.45. The molecule has 2 aromatic carbocycles. The van der Waals surface area contributed by atoms with Crippen LogP contribution in [-0.4, -0.2) is 36.7 Å². The molecule has 1 aromatic heterocycles. The third-order valence-corrected chi connectivity index (χ3v) is 6.83. The number of carbonyl (C=O) groups is 1. The molecule has 3 rings (SSSR count). The fourth-order valence-electron chi connectivity index (χ4n) is 3.06. The molecule has 0 spiro atoms. The van der Waals surface area contributed by atoms with E-state index in [4.69, 9.17) is 11.6 Å².